The number of carbonyl (C=O) groups is 1. The summed E-state index contributed by atoms with van der Waals surface area (Å²) in [6.45, 7) is 6.20. The van der Waals surface area contributed by atoms with Gasteiger partial charge in [-0.1, -0.05) is 19.1 Å². The predicted molar refractivity (Wildman–Crippen MR) is 79.2 cm³/mol. The second-order valence-corrected chi connectivity index (χ2v) is 4.43. The van der Waals surface area contributed by atoms with Gasteiger partial charge in [0.15, 0.2) is 18.1 Å². The Morgan fingerprint density at radius 1 is 1.35 bits per heavy atom. The maximum Gasteiger partial charge on any atom is 0.260 e. The summed E-state index contributed by atoms with van der Waals surface area (Å²) in [4.78, 5) is 13.4. The Morgan fingerprint density at radius 3 is 2.70 bits per heavy atom. The average molecular weight is 280 g/mol. The molecule has 1 N–H and O–H groups in total. The molecule has 1 amide bonds. The molecule has 0 fully saturated rings. The van der Waals surface area contributed by atoms with Gasteiger partial charge in [-0.2, -0.15) is 0 Å². The first kappa shape index (κ1) is 16.3. The van der Waals surface area contributed by atoms with Gasteiger partial charge in [0.1, 0.15) is 0 Å². The van der Waals surface area contributed by atoms with Gasteiger partial charge < -0.3 is 19.7 Å². The van der Waals surface area contributed by atoms with Gasteiger partial charge >= 0.3 is 0 Å². The van der Waals surface area contributed by atoms with Gasteiger partial charge in [-0.15, -0.1) is 0 Å². The van der Waals surface area contributed by atoms with Crippen LogP contribution in [0.4, 0.5) is 0 Å². The number of rotatable bonds is 8. The highest BCUT2D eigenvalue weighted by Crippen LogP contribution is 2.31. The van der Waals surface area contributed by atoms with Crippen LogP contribution in [0, 0.1) is 0 Å². The largest absolute Gasteiger partial charge is 0.493 e. The van der Waals surface area contributed by atoms with Gasteiger partial charge in [-0.25, -0.2) is 0 Å². The number of nitrogens with zero attached hydrogens (tertiary/aromatic N) is 1. The molecule has 0 aliphatic rings. The zero-order chi connectivity index (χ0) is 15.0. The number of hydrogen-bond donors (Lipinski definition) is 1. The summed E-state index contributed by atoms with van der Waals surface area (Å²) in [5, 5.41) is 3.25. The van der Waals surface area contributed by atoms with Crippen LogP contribution >= 0.6 is 0 Å². The van der Waals surface area contributed by atoms with Crippen LogP contribution in [0.3, 0.4) is 0 Å². The quantitative estimate of drug-likeness (QED) is 0.787. The van der Waals surface area contributed by atoms with E-state index in [-0.39, 0.29) is 12.5 Å². The number of likely N-dealkylation sites (N-methyl/N-ethyl adjacent to an activating group) is 1. The van der Waals surface area contributed by atoms with Crippen molar-refractivity contribution in [2.45, 2.75) is 20.4 Å². The van der Waals surface area contributed by atoms with Crippen LogP contribution in [0.5, 0.6) is 11.5 Å². The third-order valence-corrected chi connectivity index (χ3v) is 3.09. The van der Waals surface area contributed by atoms with Crippen molar-refractivity contribution in [3.63, 3.8) is 0 Å². The molecule has 1 aromatic rings. The molecule has 0 aromatic heterocycles. The number of ether oxygens (including phenoxy) is 2. The van der Waals surface area contributed by atoms with Gasteiger partial charge in [-0.3, -0.25) is 4.79 Å². The summed E-state index contributed by atoms with van der Waals surface area (Å²) in [7, 11) is 3.35. The van der Waals surface area contributed by atoms with Crippen LogP contribution in [0.15, 0.2) is 18.2 Å². The van der Waals surface area contributed by atoms with Crippen molar-refractivity contribution in [1.82, 2.24) is 10.2 Å². The Hall–Kier alpha value is -1.75. The minimum absolute atomic E-state index is 0.0177. The van der Waals surface area contributed by atoms with E-state index in [9.17, 15) is 4.79 Å². The maximum absolute atomic E-state index is 11.8. The van der Waals surface area contributed by atoms with Crippen molar-refractivity contribution in [2.24, 2.45) is 0 Å². The normalized spacial score (nSPS) is 10.2. The van der Waals surface area contributed by atoms with Crippen molar-refractivity contribution in [3.05, 3.63) is 23.8 Å². The average Bonchev–Trinajstić information content (AvgIpc) is 2.49. The Kier molecular flexibility index (Phi) is 6.87. The van der Waals surface area contributed by atoms with E-state index in [4.69, 9.17) is 9.47 Å². The van der Waals surface area contributed by atoms with Crippen molar-refractivity contribution >= 4 is 5.91 Å². The topological polar surface area (TPSA) is 50.8 Å². The van der Waals surface area contributed by atoms with Crippen molar-refractivity contribution in [2.75, 3.05) is 33.9 Å². The summed E-state index contributed by atoms with van der Waals surface area (Å²) in [5.41, 5.74) is 0.984. The molecule has 20 heavy (non-hydrogen) atoms. The number of carbonyl (C=O) groups excluding carboxylic acids is 1. The Bertz CT molecular complexity index is 435. The van der Waals surface area contributed by atoms with Gasteiger partial charge in [0.05, 0.1) is 7.11 Å². The van der Waals surface area contributed by atoms with Gasteiger partial charge in [0.2, 0.25) is 0 Å². The number of methoxy groups -OCH3 is 1. The molecular formula is C15H24N2O3. The SMILES string of the molecule is CCNCc1cccc(OC)c1OCC(=O)N(C)CC. The first-order chi connectivity index (χ1) is 9.63. The monoisotopic (exact) mass is 280 g/mol. The van der Waals surface area contributed by atoms with E-state index < -0.39 is 0 Å². The number of amides is 1. The standard InChI is InChI=1S/C15H24N2O3/c1-5-16-10-12-8-7-9-13(19-4)15(12)20-11-14(18)17(3)6-2/h7-9,16H,5-6,10-11H2,1-4H3. The molecule has 0 atom stereocenters. The summed E-state index contributed by atoms with van der Waals surface area (Å²) in [6.07, 6.45) is 0. The highest BCUT2D eigenvalue weighted by molar-refractivity contribution is 5.77. The minimum Gasteiger partial charge on any atom is -0.493 e. The number of para-hydroxylation sites is 1. The lowest BCUT2D eigenvalue weighted by Crippen LogP contribution is -2.31. The van der Waals surface area contributed by atoms with Crippen LogP contribution in [0.25, 0.3) is 0 Å². The summed E-state index contributed by atoms with van der Waals surface area (Å²) in [6, 6.07) is 5.71. The molecule has 0 radical (unpaired) electrons. The first-order valence-corrected chi connectivity index (χ1v) is 6.87. The summed E-state index contributed by atoms with van der Waals surface area (Å²) in [5.74, 6) is 1.23. The maximum atomic E-state index is 11.8. The van der Waals surface area contributed by atoms with Crippen molar-refractivity contribution in [3.8, 4) is 11.5 Å². The van der Waals surface area contributed by atoms with E-state index in [0.29, 0.717) is 24.6 Å². The van der Waals surface area contributed by atoms with Crippen molar-refractivity contribution in [1.29, 1.82) is 0 Å². The zero-order valence-electron chi connectivity index (χ0n) is 12.7. The molecule has 5 heteroatoms. The molecule has 5 nitrogen and oxygen atoms in total. The lowest BCUT2D eigenvalue weighted by molar-refractivity contribution is -0.131. The van der Waals surface area contributed by atoms with Crippen LogP contribution < -0.4 is 14.8 Å². The van der Waals surface area contributed by atoms with E-state index in [1.807, 2.05) is 32.0 Å². The van der Waals surface area contributed by atoms with Gasteiger partial charge in [-0.05, 0) is 19.5 Å². The van der Waals surface area contributed by atoms with E-state index in [2.05, 4.69) is 5.32 Å². The highest BCUT2D eigenvalue weighted by Gasteiger charge is 2.13. The van der Waals surface area contributed by atoms with E-state index in [0.717, 1.165) is 12.1 Å². The molecule has 0 saturated heterocycles. The number of benzene rings is 1. The molecule has 0 aliphatic heterocycles. The minimum atomic E-state index is -0.0483. The smallest absolute Gasteiger partial charge is 0.260 e. The van der Waals surface area contributed by atoms with Gasteiger partial charge in [0, 0.05) is 25.7 Å². The molecule has 0 spiro atoms. The fourth-order valence-corrected chi connectivity index (χ4v) is 1.71. The second-order valence-electron chi connectivity index (χ2n) is 4.43. The number of nitrogens with one attached hydrogen (secondary N) is 1. The van der Waals surface area contributed by atoms with E-state index >= 15 is 0 Å². The van der Waals surface area contributed by atoms with Crippen LogP contribution in [-0.4, -0.2) is 44.7 Å². The Balaban J connectivity index is 2.82. The molecule has 0 aliphatic carbocycles. The van der Waals surface area contributed by atoms with Crippen LogP contribution in [-0.2, 0) is 11.3 Å². The fourth-order valence-electron chi connectivity index (χ4n) is 1.71. The lowest BCUT2D eigenvalue weighted by Gasteiger charge is -2.18. The first-order valence-electron chi connectivity index (χ1n) is 6.87. The zero-order valence-corrected chi connectivity index (χ0v) is 12.7. The molecular weight excluding hydrogens is 256 g/mol. The third-order valence-electron chi connectivity index (χ3n) is 3.09. The third kappa shape index (κ3) is 4.42. The van der Waals surface area contributed by atoms with Crippen LogP contribution in [0.1, 0.15) is 19.4 Å². The molecule has 112 valence electrons. The highest BCUT2D eigenvalue weighted by atomic mass is 16.5. The summed E-state index contributed by atoms with van der Waals surface area (Å²) >= 11 is 0. The second kappa shape index (κ2) is 8.43. The Morgan fingerprint density at radius 2 is 2.10 bits per heavy atom. The van der Waals surface area contributed by atoms with E-state index in [1.165, 1.54) is 0 Å². The molecule has 1 aromatic carbocycles. The summed E-state index contributed by atoms with van der Waals surface area (Å²) < 4.78 is 11.0. The van der Waals surface area contributed by atoms with E-state index in [1.54, 1.807) is 19.1 Å². The predicted octanol–water partition coefficient (Wildman–Crippen LogP) is 1.66. The molecule has 1 rings (SSSR count). The fraction of sp³-hybridized carbons (Fsp3) is 0.533. The molecule has 0 heterocycles. The van der Waals surface area contributed by atoms with Crippen LogP contribution in [0.2, 0.25) is 0 Å². The lowest BCUT2D eigenvalue weighted by atomic mass is 10.2. The van der Waals surface area contributed by atoms with Gasteiger partial charge in [0.25, 0.3) is 5.91 Å². The number of hydrogen-bond acceptors (Lipinski definition) is 4. The molecule has 0 unspecified atom stereocenters. The molecule has 0 bridgehead atoms. The van der Waals surface area contributed by atoms with Crippen molar-refractivity contribution < 1.29 is 14.3 Å². The molecule has 0 saturated carbocycles. The Labute approximate surface area is 120 Å².